The van der Waals surface area contributed by atoms with Gasteiger partial charge in [0.05, 0.1) is 27.7 Å². The number of unbranched alkanes of at least 4 members (excludes halogenated alkanes) is 7. The second-order valence-electron chi connectivity index (χ2n) is 9.03. The van der Waals surface area contributed by atoms with Gasteiger partial charge in [-0.2, -0.15) is 0 Å². The van der Waals surface area contributed by atoms with Gasteiger partial charge in [0.1, 0.15) is 0 Å². The number of aryl methyl sites for hydroxylation is 1. The quantitative estimate of drug-likeness (QED) is 0.266. The van der Waals surface area contributed by atoms with Crippen LogP contribution in [0, 0.1) is 0 Å². The normalized spacial score (nSPS) is 12.3. The summed E-state index contributed by atoms with van der Waals surface area (Å²) in [7, 11) is 6.87. The number of benzene rings is 2. The van der Waals surface area contributed by atoms with E-state index in [4.69, 9.17) is 0 Å². The number of aromatic nitrogens is 1. The minimum atomic E-state index is 1.10. The molecule has 0 radical (unpaired) electrons. The highest BCUT2D eigenvalue weighted by molar-refractivity contribution is 6.07. The van der Waals surface area contributed by atoms with E-state index in [0.717, 1.165) is 11.0 Å². The highest BCUT2D eigenvalue weighted by Gasteiger charge is 2.09. The molecule has 0 spiro atoms. The van der Waals surface area contributed by atoms with E-state index >= 15 is 0 Å². The van der Waals surface area contributed by atoms with Gasteiger partial charge in [0.15, 0.2) is 0 Å². The van der Waals surface area contributed by atoms with Crippen LogP contribution < -0.4 is 0 Å². The molecule has 0 atom stereocenters. The number of hydrogen-bond acceptors (Lipinski definition) is 0. The van der Waals surface area contributed by atoms with Crippen molar-refractivity contribution in [3.05, 3.63) is 48.5 Å². The topological polar surface area (TPSA) is 4.93 Å². The largest absolute Gasteiger partial charge is 0.340 e. The maximum atomic E-state index is 2.52. The standard InChI is InChI=1S/C25H37N2/c1-27(2,3)21-15-9-7-5-4-6-8-14-20-26-24-18-12-10-16-22(24)23-17-11-13-19-25(23)26/h10-13,16-19H,4-9,14-15,20-21H2,1-3H3/q+1. The van der Waals surface area contributed by atoms with Gasteiger partial charge in [0, 0.05) is 28.4 Å². The van der Waals surface area contributed by atoms with Crippen LogP contribution >= 0.6 is 0 Å². The monoisotopic (exact) mass is 365 g/mol. The van der Waals surface area contributed by atoms with Crippen molar-refractivity contribution in [2.24, 2.45) is 0 Å². The summed E-state index contributed by atoms with van der Waals surface area (Å²) in [6, 6.07) is 17.7. The third kappa shape index (κ3) is 5.59. The van der Waals surface area contributed by atoms with Crippen molar-refractivity contribution >= 4 is 21.8 Å². The van der Waals surface area contributed by atoms with Gasteiger partial charge in [-0.25, -0.2) is 0 Å². The van der Waals surface area contributed by atoms with Gasteiger partial charge in [-0.05, 0) is 31.4 Å². The number of fused-ring (bicyclic) bond motifs is 3. The lowest BCUT2D eigenvalue weighted by atomic mass is 10.1. The molecule has 2 aromatic carbocycles. The summed E-state index contributed by atoms with van der Waals surface area (Å²) in [5, 5.41) is 2.78. The molecule has 3 rings (SSSR count). The van der Waals surface area contributed by atoms with E-state index in [9.17, 15) is 0 Å². The summed E-state index contributed by atoms with van der Waals surface area (Å²) < 4.78 is 3.62. The Bertz CT molecular complexity index is 785. The van der Waals surface area contributed by atoms with Gasteiger partial charge in [-0.1, -0.05) is 68.5 Å². The summed E-state index contributed by atoms with van der Waals surface area (Å²) in [5.74, 6) is 0. The van der Waals surface area contributed by atoms with Gasteiger partial charge >= 0.3 is 0 Å². The molecule has 0 aliphatic heterocycles. The first-order valence-electron chi connectivity index (χ1n) is 10.8. The summed E-state index contributed by atoms with van der Waals surface area (Å²) in [5.41, 5.74) is 2.77. The fourth-order valence-corrected chi connectivity index (χ4v) is 4.16. The molecule has 0 saturated heterocycles. The van der Waals surface area contributed by atoms with Crippen molar-refractivity contribution in [1.82, 2.24) is 4.57 Å². The summed E-state index contributed by atoms with van der Waals surface area (Å²) in [6.07, 6.45) is 11.0. The molecule has 0 saturated carbocycles. The van der Waals surface area contributed by atoms with E-state index in [1.807, 2.05) is 0 Å². The first-order chi connectivity index (χ1) is 13.1. The Hall–Kier alpha value is -1.80. The second-order valence-corrected chi connectivity index (χ2v) is 9.03. The lowest BCUT2D eigenvalue weighted by Crippen LogP contribution is -2.35. The summed E-state index contributed by atoms with van der Waals surface area (Å²) in [6.45, 7) is 2.44. The molecule has 0 fully saturated rings. The Balaban J connectivity index is 1.40. The Morgan fingerprint density at radius 1 is 0.593 bits per heavy atom. The van der Waals surface area contributed by atoms with E-state index in [0.29, 0.717) is 0 Å². The molecule has 0 amide bonds. The molecule has 0 aliphatic rings. The van der Waals surface area contributed by atoms with E-state index in [-0.39, 0.29) is 0 Å². The molecule has 2 nitrogen and oxygen atoms in total. The van der Waals surface area contributed by atoms with Gasteiger partial charge in [-0.15, -0.1) is 0 Å². The van der Waals surface area contributed by atoms with Crippen LogP contribution in [-0.4, -0.2) is 36.7 Å². The Morgan fingerprint density at radius 3 is 1.56 bits per heavy atom. The molecular weight excluding hydrogens is 328 g/mol. The number of nitrogens with zero attached hydrogens (tertiary/aromatic N) is 2. The molecule has 1 heterocycles. The Morgan fingerprint density at radius 2 is 1.04 bits per heavy atom. The van der Waals surface area contributed by atoms with Crippen molar-refractivity contribution in [3.8, 4) is 0 Å². The zero-order valence-electron chi connectivity index (χ0n) is 17.6. The summed E-state index contributed by atoms with van der Waals surface area (Å²) >= 11 is 0. The Labute approximate surface area is 165 Å². The van der Waals surface area contributed by atoms with Gasteiger partial charge in [0.25, 0.3) is 0 Å². The second kappa shape index (κ2) is 9.41. The number of hydrogen-bond donors (Lipinski definition) is 0. The molecule has 0 bridgehead atoms. The predicted molar refractivity (Wildman–Crippen MR) is 119 cm³/mol. The highest BCUT2D eigenvalue weighted by atomic mass is 15.3. The van der Waals surface area contributed by atoms with E-state index < -0.39 is 0 Å². The fourth-order valence-electron chi connectivity index (χ4n) is 4.16. The van der Waals surface area contributed by atoms with E-state index in [2.05, 4.69) is 74.2 Å². The zero-order valence-corrected chi connectivity index (χ0v) is 17.6. The third-order valence-corrected chi connectivity index (χ3v) is 5.64. The van der Waals surface area contributed by atoms with Crippen LogP contribution in [0.3, 0.4) is 0 Å². The van der Waals surface area contributed by atoms with Crippen LogP contribution in [0.15, 0.2) is 48.5 Å². The SMILES string of the molecule is C[N+](C)(C)CCCCCCCCCCn1c2ccccc2c2ccccc21. The van der Waals surface area contributed by atoms with Gasteiger partial charge < -0.3 is 9.05 Å². The van der Waals surface area contributed by atoms with Crippen molar-refractivity contribution in [2.75, 3.05) is 27.7 Å². The van der Waals surface area contributed by atoms with Crippen molar-refractivity contribution < 1.29 is 4.48 Å². The summed E-state index contributed by atoms with van der Waals surface area (Å²) in [4.78, 5) is 0. The highest BCUT2D eigenvalue weighted by Crippen LogP contribution is 2.29. The van der Waals surface area contributed by atoms with Gasteiger partial charge in [0.2, 0.25) is 0 Å². The Kier molecular flexibility index (Phi) is 6.95. The molecule has 146 valence electrons. The lowest BCUT2D eigenvalue weighted by molar-refractivity contribution is -0.870. The fraction of sp³-hybridized carbons (Fsp3) is 0.520. The molecule has 0 aliphatic carbocycles. The van der Waals surface area contributed by atoms with Crippen molar-refractivity contribution in [2.45, 2.75) is 57.9 Å². The number of quaternary nitrogens is 1. The molecule has 27 heavy (non-hydrogen) atoms. The van der Waals surface area contributed by atoms with Crippen molar-refractivity contribution in [3.63, 3.8) is 0 Å². The number of rotatable bonds is 11. The molecule has 1 aromatic heterocycles. The maximum absolute atomic E-state index is 2.52. The minimum absolute atomic E-state index is 1.10. The van der Waals surface area contributed by atoms with E-state index in [1.165, 1.54) is 79.7 Å². The van der Waals surface area contributed by atoms with Crippen molar-refractivity contribution in [1.29, 1.82) is 0 Å². The van der Waals surface area contributed by atoms with Crippen LogP contribution in [0.5, 0.6) is 0 Å². The van der Waals surface area contributed by atoms with Crippen LogP contribution in [0.4, 0.5) is 0 Å². The molecule has 2 heteroatoms. The third-order valence-electron chi connectivity index (χ3n) is 5.64. The molecule has 3 aromatic rings. The first kappa shape index (κ1) is 19.9. The average Bonchev–Trinajstić information content (AvgIpc) is 2.97. The van der Waals surface area contributed by atoms with Crippen LogP contribution in [0.25, 0.3) is 21.8 Å². The zero-order chi connectivity index (χ0) is 19.1. The molecule has 0 unspecified atom stereocenters. The van der Waals surface area contributed by atoms with Gasteiger partial charge in [-0.3, -0.25) is 0 Å². The number of para-hydroxylation sites is 2. The minimum Gasteiger partial charge on any atom is -0.340 e. The van der Waals surface area contributed by atoms with Crippen LogP contribution in [0.1, 0.15) is 51.4 Å². The maximum Gasteiger partial charge on any atom is 0.0780 e. The first-order valence-corrected chi connectivity index (χ1v) is 10.8. The van der Waals surface area contributed by atoms with E-state index in [1.54, 1.807) is 0 Å². The molecular formula is C25H37N2+. The predicted octanol–water partition coefficient (Wildman–Crippen LogP) is 6.62. The molecule has 0 N–H and O–H groups in total. The smallest absolute Gasteiger partial charge is 0.0780 e. The average molecular weight is 366 g/mol. The lowest BCUT2D eigenvalue weighted by Gasteiger charge is -2.23. The van der Waals surface area contributed by atoms with Crippen LogP contribution in [-0.2, 0) is 6.54 Å². The van der Waals surface area contributed by atoms with Crippen LogP contribution in [0.2, 0.25) is 0 Å².